The van der Waals surface area contributed by atoms with E-state index in [0.717, 1.165) is 36.5 Å². The molecule has 2 aromatic carbocycles. The molecule has 7 nitrogen and oxygen atoms in total. The van der Waals surface area contributed by atoms with Gasteiger partial charge in [0.25, 0.3) is 0 Å². The van der Waals surface area contributed by atoms with E-state index in [0.29, 0.717) is 5.56 Å². The SMILES string of the molecule is CC/C=C/c1cc(-c2ccc(O)c3c2C[C@]2(C)C[C@]4(C)C(C(C)C)C(=O)C(C(C)=O)=C(O)[C@]4(O)C(=O)C2=C3O)ccc1CC. The lowest BCUT2D eigenvalue weighted by molar-refractivity contribution is -0.178. The number of benzene rings is 2. The third-order valence-corrected chi connectivity index (χ3v) is 10.3. The second-order valence-corrected chi connectivity index (χ2v) is 13.5. The summed E-state index contributed by atoms with van der Waals surface area (Å²) in [5, 5.41) is 46.4. The van der Waals surface area contributed by atoms with E-state index >= 15 is 0 Å². The Balaban J connectivity index is 1.79. The highest BCUT2D eigenvalue weighted by molar-refractivity contribution is 6.24. The summed E-state index contributed by atoms with van der Waals surface area (Å²) >= 11 is 0. The van der Waals surface area contributed by atoms with E-state index in [9.17, 15) is 34.8 Å². The van der Waals surface area contributed by atoms with Gasteiger partial charge in [0, 0.05) is 22.3 Å². The Labute approximate surface area is 258 Å². The summed E-state index contributed by atoms with van der Waals surface area (Å²) in [6, 6.07) is 9.46. The minimum Gasteiger partial charge on any atom is -0.508 e. The number of aliphatic hydroxyl groups is 3. The van der Waals surface area contributed by atoms with Crippen molar-refractivity contribution in [3.8, 4) is 16.9 Å². The molecule has 232 valence electrons. The summed E-state index contributed by atoms with van der Waals surface area (Å²) in [5.41, 5.74) is -1.21. The average Bonchev–Trinajstić information content (AvgIpc) is 2.93. The van der Waals surface area contributed by atoms with Crippen LogP contribution in [0.3, 0.4) is 0 Å². The van der Waals surface area contributed by atoms with Crippen molar-refractivity contribution < 1.29 is 34.8 Å². The zero-order valence-corrected chi connectivity index (χ0v) is 26.5. The topological polar surface area (TPSA) is 132 Å². The molecule has 0 heterocycles. The van der Waals surface area contributed by atoms with Crippen LogP contribution in [-0.2, 0) is 27.2 Å². The van der Waals surface area contributed by atoms with E-state index in [4.69, 9.17) is 0 Å². The maximum absolute atomic E-state index is 14.5. The molecule has 3 aliphatic rings. The Morgan fingerprint density at radius 1 is 1.07 bits per heavy atom. The van der Waals surface area contributed by atoms with Crippen molar-refractivity contribution in [3.63, 3.8) is 0 Å². The number of aromatic hydroxyl groups is 1. The molecule has 0 radical (unpaired) electrons. The Morgan fingerprint density at radius 3 is 2.34 bits per heavy atom. The molecule has 1 saturated carbocycles. The number of ketones is 3. The number of Topliss-reactive ketones (excluding diaryl/α,β-unsaturated/α-hetero) is 3. The maximum atomic E-state index is 14.5. The number of aryl methyl sites for hydroxylation is 1. The van der Waals surface area contributed by atoms with Crippen LogP contribution in [0.25, 0.3) is 23.0 Å². The van der Waals surface area contributed by atoms with Gasteiger partial charge in [-0.2, -0.15) is 0 Å². The lowest BCUT2D eigenvalue weighted by Crippen LogP contribution is -2.69. The van der Waals surface area contributed by atoms with Crippen LogP contribution in [-0.4, -0.2) is 43.4 Å². The highest BCUT2D eigenvalue weighted by Crippen LogP contribution is 2.65. The van der Waals surface area contributed by atoms with E-state index < -0.39 is 56.8 Å². The predicted octanol–water partition coefficient (Wildman–Crippen LogP) is 6.84. The van der Waals surface area contributed by atoms with Crippen molar-refractivity contribution in [2.75, 3.05) is 0 Å². The van der Waals surface area contributed by atoms with Gasteiger partial charge in [-0.05, 0) is 78.5 Å². The lowest BCUT2D eigenvalue weighted by atomic mass is 9.43. The molecule has 0 aromatic heterocycles. The number of carbonyl (C=O) groups is 3. The zero-order chi connectivity index (χ0) is 32.5. The zero-order valence-electron chi connectivity index (χ0n) is 26.5. The quantitative estimate of drug-likeness (QED) is 0.268. The van der Waals surface area contributed by atoms with Crippen LogP contribution >= 0.6 is 0 Å². The van der Waals surface area contributed by atoms with Gasteiger partial charge in [0.2, 0.25) is 5.78 Å². The summed E-state index contributed by atoms with van der Waals surface area (Å²) in [7, 11) is 0. The molecular formula is C37H42O7. The van der Waals surface area contributed by atoms with Crippen molar-refractivity contribution in [2.24, 2.45) is 22.7 Å². The van der Waals surface area contributed by atoms with E-state index in [1.807, 2.05) is 19.1 Å². The predicted molar refractivity (Wildman–Crippen MR) is 170 cm³/mol. The van der Waals surface area contributed by atoms with Gasteiger partial charge in [0.05, 0.1) is 5.56 Å². The van der Waals surface area contributed by atoms with Gasteiger partial charge in [-0.3, -0.25) is 14.4 Å². The van der Waals surface area contributed by atoms with Gasteiger partial charge in [-0.15, -0.1) is 0 Å². The van der Waals surface area contributed by atoms with Crippen molar-refractivity contribution in [3.05, 3.63) is 75.6 Å². The number of rotatable bonds is 6. The van der Waals surface area contributed by atoms with Gasteiger partial charge in [-0.25, -0.2) is 0 Å². The lowest BCUT2D eigenvalue weighted by Gasteiger charge is -2.59. The maximum Gasteiger partial charge on any atom is 0.203 e. The first-order chi connectivity index (χ1) is 20.6. The number of phenolic OH excluding ortho intramolecular Hbond substituents is 1. The monoisotopic (exact) mass is 598 g/mol. The fourth-order valence-electron chi connectivity index (χ4n) is 8.47. The Kier molecular flexibility index (Phi) is 7.57. The van der Waals surface area contributed by atoms with E-state index in [-0.39, 0.29) is 35.6 Å². The van der Waals surface area contributed by atoms with Crippen LogP contribution in [0.15, 0.2) is 53.3 Å². The number of fused-ring (bicyclic) bond motifs is 3. The van der Waals surface area contributed by atoms with E-state index in [1.165, 1.54) is 11.6 Å². The van der Waals surface area contributed by atoms with Crippen LogP contribution in [0.5, 0.6) is 5.75 Å². The number of carbonyl (C=O) groups excluding carboxylic acids is 3. The van der Waals surface area contributed by atoms with Gasteiger partial charge >= 0.3 is 0 Å². The molecule has 0 bridgehead atoms. The highest BCUT2D eigenvalue weighted by atomic mass is 16.3. The number of hydrogen-bond donors (Lipinski definition) is 4. The summed E-state index contributed by atoms with van der Waals surface area (Å²) in [6.07, 6.45) is 6.21. The number of hydrogen-bond acceptors (Lipinski definition) is 7. The number of phenols is 1. The van der Waals surface area contributed by atoms with Crippen LogP contribution in [0, 0.1) is 22.7 Å². The van der Waals surface area contributed by atoms with Gasteiger partial charge in [0.15, 0.2) is 17.2 Å². The Bertz CT molecular complexity index is 1710. The molecule has 3 aliphatic carbocycles. The summed E-state index contributed by atoms with van der Waals surface area (Å²) in [5.74, 6) is -5.28. The minimum absolute atomic E-state index is 0.0548. The molecule has 0 aliphatic heterocycles. The van der Waals surface area contributed by atoms with Crippen LogP contribution in [0.4, 0.5) is 0 Å². The first-order valence-electron chi connectivity index (χ1n) is 15.4. The Morgan fingerprint density at radius 2 is 1.75 bits per heavy atom. The van der Waals surface area contributed by atoms with E-state index in [1.54, 1.807) is 20.8 Å². The van der Waals surface area contributed by atoms with Crippen molar-refractivity contribution in [1.29, 1.82) is 0 Å². The standard InChI is InChI=1S/C37H42O7/c1-8-10-11-22-16-23(13-12-21(22)9-2)24-14-15-26(39)28-25(24)17-35(6)18-36(7)29(19(3)4)31(40)27(20(5)38)33(42)37(36,44)34(43)30(35)32(28)41/h10-16,19,29,39,41-42,44H,8-9,17-18H2,1-7H3/b11-10+/t29?,35-,36-,37+/m1/s1. The Hall–Kier alpha value is -3.97. The molecule has 1 fully saturated rings. The number of allylic oxidation sites excluding steroid dienone is 2. The van der Waals surface area contributed by atoms with Crippen LogP contribution < -0.4 is 0 Å². The smallest absolute Gasteiger partial charge is 0.203 e. The normalized spacial score (nSPS) is 28.4. The van der Waals surface area contributed by atoms with Crippen molar-refractivity contribution >= 4 is 29.2 Å². The van der Waals surface area contributed by atoms with Crippen molar-refractivity contribution in [1.82, 2.24) is 0 Å². The fraction of sp³-hybridized carbons (Fsp3) is 0.432. The molecule has 2 aromatic rings. The molecule has 7 heteroatoms. The molecule has 4 N–H and O–H groups in total. The molecule has 0 saturated heterocycles. The van der Waals surface area contributed by atoms with Gasteiger partial charge in [-0.1, -0.05) is 71.9 Å². The second kappa shape index (κ2) is 10.6. The van der Waals surface area contributed by atoms with Gasteiger partial charge in [0.1, 0.15) is 22.8 Å². The summed E-state index contributed by atoms with van der Waals surface area (Å²) < 4.78 is 0. The minimum atomic E-state index is -2.62. The van der Waals surface area contributed by atoms with Crippen LogP contribution in [0.1, 0.15) is 83.6 Å². The van der Waals surface area contributed by atoms with Crippen molar-refractivity contribution in [2.45, 2.75) is 79.8 Å². The molecule has 44 heavy (non-hydrogen) atoms. The highest BCUT2D eigenvalue weighted by Gasteiger charge is 2.72. The van der Waals surface area contributed by atoms with Crippen LogP contribution in [0.2, 0.25) is 0 Å². The first kappa shape index (κ1) is 31.5. The third kappa shape index (κ3) is 4.15. The largest absolute Gasteiger partial charge is 0.508 e. The summed E-state index contributed by atoms with van der Waals surface area (Å²) in [4.78, 5) is 40.8. The molecular weight excluding hydrogens is 556 g/mol. The molecule has 0 amide bonds. The molecule has 0 spiro atoms. The third-order valence-electron chi connectivity index (χ3n) is 10.3. The number of aliphatic hydroxyl groups excluding tert-OH is 2. The first-order valence-corrected chi connectivity index (χ1v) is 15.4. The molecule has 5 rings (SSSR count). The van der Waals surface area contributed by atoms with E-state index in [2.05, 4.69) is 38.1 Å². The fourth-order valence-corrected chi connectivity index (χ4v) is 8.47. The average molecular weight is 599 g/mol. The molecule has 1 unspecified atom stereocenters. The second-order valence-electron chi connectivity index (χ2n) is 13.5. The summed E-state index contributed by atoms with van der Waals surface area (Å²) in [6.45, 7) is 12.3. The molecule has 4 atom stereocenters. The van der Waals surface area contributed by atoms with Gasteiger partial charge < -0.3 is 20.4 Å².